The molecule has 120 valence electrons. The average molecular weight is 309 g/mol. The molecule has 0 radical (unpaired) electrons. The highest BCUT2D eigenvalue weighted by Crippen LogP contribution is 2.14. The van der Waals surface area contributed by atoms with Gasteiger partial charge in [0.15, 0.2) is 0 Å². The lowest BCUT2D eigenvalue weighted by Gasteiger charge is -2.28. The molecule has 0 unspecified atom stereocenters. The smallest absolute Gasteiger partial charge is 0.137 e. The Bertz CT molecular complexity index is 726. The number of fused-ring (bicyclic) bond motifs is 1. The largest absolute Gasteiger partial charge is 0.389 e. The van der Waals surface area contributed by atoms with Crippen molar-refractivity contribution >= 4 is 5.65 Å². The van der Waals surface area contributed by atoms with Gasteiger partial charge in [-0.05, 0) is 31.5 Å². The summed E-state index contributed by atoms with van der Waals surface area (Å²) >= 11 is 0. The molecule has 0 saturated heterocycles. The number of pyridine rings is 1. The first-order valence-electron chi connectivity index (χ1n) is 7.91. The van der Waals surface area contributed by atoms with E-state index in [0.29, 0.717) is 13.1 Å². The van der Waals surface area contributed by atoms with Crippen molar-refractivity contribution in [3.05, 3.63) is 72.2 Å². The van der Waals surface area contributed by atoms with E-state index in [9.17, 15) is 5.11 Å². The Morgan fingerprint density at radius 1 is 1.04 bits per heavy atom. The molecule has 4 nitrogen and oxygen atoms in total. The molecule has 0 aliphatic rings. The molecule has 2 aromatic heterocycles. The van der Waals surface area contributed by atoms with Crippen LogP contribution in [-0.4, -0.2) is 31.5 Å². The van der Waals surface area contributed by atoms with Crippen LogP contribution in [0.2, 0.25) is 0 Å². The van der Waals surface area contributed by atoms with Crippen molar-refractivity contribution in [1.29, 1.82) is 0 Å². The van der Waals surface area contributed by atoms with Crippen LogP contribution in [0.3, 0.4) is 0 Å². The van der Waals surface area contributed by atoms with E-state index in [2.05, 4.69) is 28.2 Å². The van der Waals surface area contributed by atoms with E-state index in [1.807, 2.05) is 60.8 Å². The molecular formula is C19H23N3O. The Kier molecular flexibility index (Phi) is 4.46. The predicted octanol–water partition coefficient (Wildman–Crippen LogP) is 3.11. The molecule has 0 spiro atoms. The highest BCUT2D eigenvalue weighted by atomic mass is 16.3. The molecule has 1 N–H and O–H groups in total. The summed E-state index contributed by atoms with van der Waals surface area (Å²) < 4.78 is 2.03. The number of hydrogen-bond donors (Lipinski definition) is 1. The Hall–Kier alpha value is -2.17. The third-order valence-corrected chi connectivity index (χ3v) is 3.66. The van der Waals surface area contributed by atoms with E-state index in [4.69, 9.17) is 0 Å². The van der Waals surface area contributed by atoms with Crippen LogP contribution in [-0.2, 0) is 13.1 Å². The molecule has 23 heavy (non-hydrogen) atoms. The second-order valence-electron chi connectivity index (χ2n) is 6.64. The zero-order valence-corrected chi connectivity index (χ0v) is 13.7. The quantitative estimate of drug-likeness (QED) is 0.760. The van der Waals surface area contributed by atoms with E-state index in [0.717, 1.165) is 17.9 Å². The lowest BCUT2D eigenvalue weighted by molar-refractivity contribution is 0.0303. The first-order valence-corrected chi connectivity index (χ1v) is 7.91. The van der Waals surface area contributed by atoms with Gasteiger partial charge in [-0.3, -0.25) is 4.90 Å². The maximum Gasteiger partial charge on any atom is 0.137 e. The number of hydrogen-bond acceptors (Lipinski definition) is 3. The van der Waals surface area contributed by atoms with E-state index in [1.54, 1.807) is 0 Å². The van der Waals surface area contributed by atoms with Crippen LogP contribution in [0.5, 0.6) is 0 Å². The number of aromatic nitrogens is 2. The molecule has 0 aliphatic heterocycles. The third kappa shape index (κ3) is 4.41. The van der Waals surface area contributed by atoms with Crippen LogP contribution in [0.4, 0.5) is 0 Å². The highest BCUT2D eigenvalue weighted by molar-refractivity contribution is 5.39. The van der Waals surface area contributed by atoms with Gasteiger partial charge in [-0.1, -0.05) is 36.4 Å². The van der Waals surface area contributed by atoms with Gasteiger partial charge in [-0.15, -0.1) is 0 Å². The summed E-state index contributed by atoms with van der Waals surface area (Å²) in [5, 5.41) is 10.2. The van der Waals surface area contributed by atoms with Crippen molar-refractivity contribution in [3.63, 3.8) is 0 Å². The Morgan fingerprint density at radius 3 is 2.48 bits per heavy atom. The van der Waals surface area contributed by atoms with Gasteiger partial charge < -0.3 is 9.51 Å². The SMILES string of the molecule is CC(C)(O)CN(Cc1ccccc1)Cc1cn2ccccc2n1. The van der Waals surface area contributed by atoms with Crippen LogP contribution in [0.15, 0.2) is 60.9 Å². The van der Waals surface area contributed by atoms with E-state index >= 15 is 0 Å². The number of nitrogens with zero attached hydrogens (tertiary/aromatic N) is 3. The zero-order valence-electron chi connectivity index (χ0n) is 13.7. The van der Waals surface area contributed by atoms with Crippen LogP contribution in [0.1, 0.15) is 25.1 Å². The van der Waals surface area contributed by atoms with Gasteiger partial charge in [0.25, 0.3) is 0 Å². The molecule has 3 rings (SSSR count). The van der Waals surface area contributed by atoms with Crippen molar-refractivity contribution in [2.75, 3.05) is 6.54 Å². The van der Waals surface area contributed by atoms with Crippen LogP contribution in [0.25, 0.3) is 5.65 Å². The van der Waals surface area contributed by atoms with Crippen molar-refractivity contribution in [2.45, 2.75) is 32.5 Å². The molecule has 1 aromatic carbocycles. The Morgan fingerprint density at radius 2 is 1.78 bits per heavy atom. The predicted molar refractivity (Wildman–Crippen MR) is 92.0 cm³/mol. The molecule has 4 heteroatoms. The van der Waals surface area contributed by atoms with E-state index in [1.165, 1.54) is 5.56 Å². The fraction of sp³-hybridized carbons (Fsp3) is 0.316. The Labute approximate surface area is 137 Å². The summed E-state index contributed by atoms with van der Waals surface area (Å²) in [5.41, 5.74) is 2.45. The average Bonchev–Trinajstić information content (AvgIpc) is 2.88. The molecule has 0 fully saturated rings. The minimum Gasteiger partial charge on any atom is -0.389 e. The molecule has 0 bridgehead atoms. The van der Waals surface area contributed by atoms with Gasteiger partial charge in [0.2, 0.25) is 0 Å². The van der Waals surface area contributed by atoms with Crippen molar-refractivity contribution < 1.29 is 5.11 Å². The molecule has 0 aliphatic carbocycles. The zero-order chi connectivity index (χ0) is 16.3. The normalized spacial score (nSPS) is 12.2. The van der Waals surface area contributed by atoms with Gasteiger partial charge in [0, 0.05) is 32.0 Å². The number of aliphatic hydroxyl groups is 1. The summed E-state index contributed by atoms with van der Waals surface area (Å²) in [5.74, 6) is 0. The number of benzene rings is 1. The summed E-state index contributed by atoms with van der Waals surface area (Å²) in [6.45, 7) is 5.78. The standard InChI is InChI=1S/C19H23N3O/c1-19(2,23)15-21(12-16-8-4-3-5-9-16)13-17-14-22-11-7-6-10-18(22)20-17/h3-11,14,23H,12-13,15H2,1-2H3. The third-order valence-electron chi connectivity index (χ3n) is 3.66. The van der Waals surface area contributed by atoms with Crippen molar-refractivity contribution in [1.82, 2.24) is 14.3 Å². The maximum absolute atomic E-state index is 10.2. The van der Waals surface area contributed by atoms with Crippen molar-refractivity contribution in [2.24, 2.45) is 0 Å². The highest BCUT2D eigenvalue weighted by Gasteiger charge is 2.19. The molecule has 3 aromatic rings. The van der Waals surface area contributed by atoms with E-state index < -0.39 is 5.60 Å². The Balaban J connectivity index is 1.79. The first-order chi connectivity index (χ1) is 11.0. The summed E-state index contributed by atoms with van der Waals surface area (Å²) in [6, 6.07) is 16.3. The summed E-state index contributed by atoms with van der Waals surface area (Å²) in [7, 11) is 0. The minimum atomic E-state index is -0.742. The fourth-order valence-electron chi connectivity index (χ4n) is 2.85. The maximum atomic E-state index is 10.2. The van der Waals surface area contributed by atoms with Gasteiger partial charge in [-0.25, -0.2) is 4.98 Å². The molecular weight excluding hydrogens is 286 g/mol. The second-order valence-corrected chi connectivity index (χ2v) is 6.64. The molecule has 0 saturated carbocycles. The second kappa shape index (κ2) is 6.52. The first kappa shape index (κ1) is 15.7. The lowest BCUT2D eigenvalue weighted by atomic mass is 10.1. The van der Waals surface area contributed by atoms with E-state index in [-0.39, 0.29) is 0 Å². The number of rotatable bonds is 6. The van der Waals surface area contributed by atoms with Gasteiger partial charge in [0.05, 0.1) is 11.3 Å². The van der Waals surface area contributed by atoms with Crippen LogP contribution in [0, 0.1) is 0 Å². The molecule has 0 atom stereocenters. The van der Waals surface area contributed by atoms with Gasteiger partial charge in [0.1, 0.15) is 5.65 Å². The fourth-order valence-corrected chi connectivity index (χ4v) is 2.85. The summed E-state index contributed by atoms with van der Waals surface area (Å²) in [4.78, 5) is 6.90. The number of imidazole rings is 1. The summed E-state index contributed by atoms with van der Waals surface area (Å²) in [6.07, 6.45) is 4.06. The molecule has 2 heterocycles. The monoisotopic (exact) mass is 309 g/mol. The van der Waals surface area contributed by atoms with Crippen LogP contribution < -0.4 is 0 Å². The van der Waals surface area contributed by atoms with Crippen LogP contribution >= 0.6 is 0 Å². The minimum absolute atomic E-state index is 0.593. The topological polar surface area (TPSA) is 40.8 Å². The van der Waals surface area contributed by atoms with Crippen molar-refractivity contribution in [3.8, 4) is 0 Å². The van der Waals surface area contributed by atoms with Gasteiger partial charge in [-0.2, -0.15) is 0 Å². The lowest BCUT2D eigenvalue weighted by Crippen LogP contribution is -2.38. The molecule has 0 amide bonds. The van der Waals surface area contributed by atoms with Gasteiger partial charge >= 0.3 is 0 Å².